The first-order valence-electron chi connectivity index (χ1n) is 7.83. The molecule has 2 fully saturated rings. The summed E-state index contributed by atoms with van der Waals surface area (Å²) in [4.78, 5) is 4.93. The van der Waals surface area contributed by atoms with Gasteiger partial charge in [-0.15, -0.1) is 0 Å². The van der Waals surface area contributed by atoms with Crippen molar-refractivity contribution in [1.29, 1.82) is 0 Å². The van der Waals surface area contributed by atoms with Crippen LogP contribution in [0.1, 0.15) is 38.5 Å². The molecular weight excluding hydrogens is 238 g/mol. The summed E-state index contributed by atoms with van der Waals surface area (Å²) in [6, 6.07) is 0.720. The Balaban J connectivity index is 1.81. The smallest absolute Gasteiger partial charge is 0.0613 e. The number of hydrogen-bond donors (Lipinski definition) is 2. The van der Waals surface area contributed by atoms with Crippen LogP contribution < -0.4 is 5.73 Å². The number of aliphatic hydroxyl groups is 1. The van der Waals surface area contributed by atoms with E-state index in [0.717, 1.165) is 25.4 Å². The van der Waals surface area contributed by atoms with Crippen molar-refractivity contribution in [3.8, 4) is 0 Å². The molecule has 3 atom stereocenters. The molecule has 4 nitrogen and oxygen atoms in total. The number of rotatable bonds is 6. The van der Waals surface area contributed by atoms with Crippen LogP contribution >= 0.6 is 0 Å². The molecule has 112 valence electrons. The van der Waals surface area contributed by atoms with Crippen LogP contribution in [-0.2, 0) is 0 Å². The average molecular weight is 269 g/mol. The van der Waals surface area contributed by atoms with Crippen molar-refractivity contribution in [3.63, 3.8) is 0 Å². The van der Waals surface area contributed by atoms with Crippen molar-refractivity contribution < 1.29 is 5.11 Å². The number of aliphatic hydroxyl groups excluding tert-OH is 1. The fourth-order valence-corrected chi connectivity index (χ4v) is 3.95. The maximum atomic E-state index is 9.51. The lowest BCUT2D eigenvalue weighted by atomic mass is 9.86. The standard InChI is InChI=1S/C15H31N3O/c1-17(2)11-14-6-4-9-18(14)10-7-13-5-3-8-15(13,16)12-19/h13-14,19H,3-12,16H2,1-2H3. The van der Waals surface area contributed by atoms with E-state index in [2.05, 4.69) is 23.9 Å². The molecule has 0 aromatic rings. The monoisotopic (exact) mass is 269 g/mol. The lowest BCUT2D eigenvalue weighted by Crippen LogP contribution is -2.48. The van der Waals surface area contributed by atoms with Crippen molar-refractivity contribution in [1.82, 2.24) is 9.80 Å². The first-order valence-corrected chi connectivity index (χ1v) is 7.83. The minimum Gasteiger partial charge on any atom is -0.394 e. The number of nitrogens with two attached hydrogens (primary N) is 1. The Morgan fingerprint density at radius 1 is 1.32 bits per heavy atom. The van der Waals surface area contributed by atoms with E-state index in [-0.39, 0.29) is 12.1 Å². The molecule has 1 saturated carbocycles. The summed E-state index contributed by atoms with van der Waals surface area (Å²) < 4.78 is 0. The fourth-order valence-electron chi connectivity index (χ4n) is 3.95. The molecule has 19 heavy (non-hydrogen) atoms. The van der Waals surface area contributed by atoms with Crippen LogP contribution in [0.4, 0.5) is 0 Å². The second-order valence-electron chi connectivity index (χ2n) is 6.86. The maximum Gasteiger partial charge on any atom is 0.0613 e. The Labute approximate surface area is 117 Å². The van der Waals surface area contributed by atoms with Crippen molar-refractivity contribution in [2.24, 2.45) is 11.7 Å². The summed E-state index contributed by atoms with van der Waals surface area (Å²) in [5.41, 5.74) is 6.03. The second kappa shape index (κ2) is 6.53. The predicted molar refractivity (Wildman–Crippen MR) is 79.1 cm³/mol. The molecule has 3 N–H and O–H groups in total. The predicted octanol–water partition coefficient (Wildman–Crippen LogP) is 0.892. The van der Waals surface area contributed by atoms with Crippen LogP contribution in [0.2, 0.25) is 0 Å². The summed E-state index contributed by atoms with van der Waals surface area (Å²) in [5.74, 6) is 0.512. The Kier molecular flexibility index (Phi) is 5.23. The van der Waals surface area contributed by atoms with E-state index in [1.54, 1.807) is 0 Å². The first kappa shape index (κ1) is 15.2. The van der Waals surface area contributed by atoms with E-state index in [1.165, 1.54) is 38.8 Å². The summed E-state index contributed by atoms with van der Waals surface area (Å²) in [7, 11) is 4.31. The Morgan fingerprint density at radius 2 is 2.11 bits per heavy atom. The zero-order valence-electron chi connectivity index (χ0n) is 12.6. The molecule has 0 spiro atoms. The molecule has 0 bridgehead atoms. The molecule has 2 rings (SSSR count). The Bertz CT molecular complexity index is 285. The van der Waals surface area contributed by atoms with Gasteiger partial charge in [-0.3, -0.25) is 4.90 Å². The van der Waals surface area contributed by atoms with Crippen LogP contribution in [0.15, 0.2) is 0 Å². The van der Waals surface area contributed by atoms with Gasteiger partial charge in [-0.25, -0.2) is 0 Å². The van der Waals surface area contributed by atoms with Crippen LogP contribution in [-0.4, -0.2) is 66.8 Å². The molecule has 1 saturated heterocycles. The van der Waals surface area contributed by atoms with E-state index in [1.807, 2.05) is 0 Å². The SMILES string of the molecule is CN(C)CC1CCCN1CCC1CCCC1(N)CO. The number of hydrogen-bond acceptors (Lipinski definition) is 4. The lowest BCUT2D eigenvalue weighted by Gasteiger charge is -2.32. The van der Waals surface area contributed by atoms with Crippen LogP contribution in [0.25, 0.3) is 0 Å². The van der Waals surface area contributed by atoms with Crippen LogP contribution in [0.3, 0.4) is 0 Å². The fraction of sp³-hybridized carbons (Fsp3) is 1.00. The molecular formula is C15H31N3O. The number of nitrogens with zero attached hydrogens (tertiary/aromatic N) is 2. The molecule has 0 radical (unpaired) electrons. The van der Waals surface area contributed by atoms with Gasteiger partial charge in [0.1, 0.15) is 0 Å². The van der Waals surface area contributed by atoms with E-state index >= 15 is 0 Å². The first-order chi connectivity index (χ1) is 9.05. The zero-order chi connectivity index (χ0) is 13.9. The number of likely N-dealkylation sites (N-methyl/N-ethyl adjacent to an activating group) is 1. The zero-order valence-corrected chi connectivity index (χ0v) is 12.6. The largest absolute Gasteiger partial charge is 0.394 e. The highest BCUT2D eigenvalue weighted by atomic mass is 16.3. The average Bonchev–Trinajstić information content (AvgIpc) is 2.94. The van der Waals surface area contributed by atoms with Gasteiger partial charge >= 0.3 is 0 Å². The molecule has 1 heterocycles. The van der Waals surface area contributed by atoms with Gasteiger partial charge in [0.2, 0.25) is 0 Å². The molecule has 0 amide bonds. The van der Waals surface area contributed by atoms with Gasteiger partial charge < -0.3 is 15.7 Å². The summed E-state index contributed by atoms with van der Waals surface area (Å²) in [6.45, 7) is 3.71. The molecule has 0 aromatic heterocycles. The van der Waals surface area contributed by atoms with Gasteiger partial charge in [0.25, 0.3) is 0 Å². The van der Waals surface area contributed by atoms with Gasteiger partial charge in [-0.1, -0.05) is 6.42 Å². The molecule has 4 heteroatoms. The topological polar surface area (TPSA) is 52.7 Å². The van der Waals surface area contributed by atoms with Crippen molar-refractivity contribution in [3.05, 3.63) is 0 Å². The van der Waals surface area contributed by atoms with E-state index < -0.39 is 0 Å². The molecule has 1 aliphatic carbocycles. The molecule has 1 aliphatic heterocycles. The minimum atomic E-state index is -0.295. The van der Waals surface area contributed by atoms with Crippen molar-refractivity contribution >= 4 is 0 Å². The highest BCUT2D eigenvalue weighted by Gasteiger charge is 2.39. The van der Waals surface area contributed by atoms with Gasteiger partial charge in [0, 0.05) is 18.1 Å². The lowest BCUT2D eigenvalue weighted by molar-refractivity contribution is 0.137. The summed E-state index contributed by atoms with van der Waals surface area (Å²) in [5, 5.41) is 9.51. The van der Waals surface area contributed by atoms with Gasteiger partial charge in [0.15, 0.2) is 0 Å². The van der Waals surface area contributed by atoms with Gasteiger partial charge in [-0.05, 0) is 65.2 Å². The Morgan fingerprint density at radius 3 is 2.79 bits per heavy atom. The van der Waals surface area contributed by atoms with E-state index in [9.17, 15) is 5.11 Å². The molecule has 0 aromatic carbocycles. The highest BCUT2D eigenvalue weighted by molar-refractivity contribution is 4.96. The maximum absolute atomic E-state index is 9.51. The highest BCUT2D eigenvalue weighted by Crippen LogP contribution is 2.36. The number of likely N-dealkylation sites (tertiary alicyclic amines) is 1. The third kappa shape index (κ3) is 3.69. The normalized spacial score (nSPS) is 36.5. The third-order valence-electron chi connectivity index (χ3n) is 5.14. The molecule has 3 unspecified atom stereocenters. The summed E-state index contributed by atoms with van der Waals surface area (Å²) >= 11 is 0. The quantitative estimate of drug-likeness (QED) is 0.752. The van der Waals surface area contributed by atoms with E-state index in [4.69, 9.17) is 5.73 Å². The van der Waals surface area contributed by atoms with Crippen LogP contribution in [0.5, 0.6) is 0 Å². The van der Waals surface area contributed by atoms with Gasteiger partial charge in [0.05, 0.1) is 6.61 Å². The van der Waals surface area contributed by atoms with Crippen LogP contribution in [0, 0.1) is 5.92 Å². The van der Waals surface area contributed by atoms with Crippen molar-refractivity contribution in [2.45, 2.75) is 50.1 Å². The Hall–Kier alpha value is -0.160. The van der Waals surface area contributed by atoms with Gasteiger partial charge in [-0.2, -0.15) is 0 Å². The second-order valence-corrected chi connectivity index (χ2v) is 6.86. The minimum absolute atomic E-state index is 0.152. The van der Waals surface area contributed by atoms with Crippen molar-refractivity contribution in [2.75, 3.05) is 40.3 Å². The summed E-state index contributed by atoms with van der Waals surface area (Å²) in [6.07, 6.45) is 7.19. The van der Waals surface area contributed by atoms with E-state index in [0.29, 0.717) is 5.92 Å². The third-order valence-corrected chi connectivity index (χ3v) is 5.14. The molecule has 2 aliphatic rings.